The van der Waals surface area contributed by atoms with E-state index < -0.39 is 0 Å². The average molecular weight is 287 g/mol. The summed E-state index contributed by atoms with van der Waals surface area (Å²) in [5.74, 6) is 1.27. The van der Waals surface area contributed by atoms with Crippen LogP contribution in [0.15, 0.2) is 28.8 Å². The predicted octanol–water partition coefficient (Wildman–Crippen LogP) is 2.32. The number of nitrogens with zero attached hydrogens (tertiary/aromatic N) is 3. The summed E-state index contributed by atoms with van der Waals surface area (Å²) in [5.41, 5.74) is 3.11. The number of phenols is 1. The lowest BCUT2D eigenvalue weighted by Crippen LogP contribution is -2.46. The van der Waals surface area contributed by atoms with Gasteiger partial charge < -0.3 is 14.5 Å². The number of rotatable bonds is 3. The summed E-state index contributed by atoms with van der Waals surface area (Å²) in [4.78, 5) is 4.64. The fourth-order valence-electron chi connectivity index (χ4n) is 2.83. The highest BCUT2D eigenvalue weighted by molar-refractivity contribution is 5.57. The summed E-state index contributed by atoms with van der Waals surface area (Å²) in [7, 11) is 0. The third-order valence-electron chi connectivity index (χ3n) is 4.16. The van der Waals surface area contributed by atoms with Gasteiger partial charge in [-0.1, -0.05) is 17.3 Å². The summed E-state index contributed by atoms with van der Waals surface area (Å²) in [5, 5.41) is 13.9. The molecule has 1 saturated heterocycles. The number of benzene rings is 1. The van der Waals surface area contributed by atoms with Crippen molar-refractivity contribution in [1.29, 1.82) is 0 Å². The number of hydrogen-bond donors (Lipinski definition) is 1. The average Bonchev–Trinajstić information content (AvgIpc) is 2.81. The highest BCUT2D eigenvalue weighted by Crippen LogP contribution is 2.27. The Morgan fingerprint density at radius 3 is 2.48 bits per heavy atom. The Morgan fingerprint density at radius 1 is 1.14 bits per heavy atom. The summed E-state index contributed by atoms with van der Waals surface area (Å²) in [6, 6.07) is 7.53. The van der Waals surface area contributed by atoms with E-state index in [2.05, 4.69) is 15.0 Å². The van der Waals surface area contributed by atoms with Gasteiger partial charge in [-0.15, -0.1) is 0 Å². The topological polar surface area (TPSA) is 52.7 Å². The standard InChI is InChI=1S/C16H21N3O2/c1-12-14(13(2)21-17-12)11-18-7-9-19(10-8-18)15-5-3-4-6-16(15)20/h3-6,20H,7-11H2,1-2H3. The van der Waals surface area contributed by atoms with E-state index in [1.54, 1.807) is 6.07 Å². The normalized spacial score (nSPS) is 16.4. The van der Waals surface area contributed by atoms with E-state index in [0.29, 0.717) is 5.75 Å². The molecule has 0 bridgehead atoms. The van der Waals surface area contributed by atoms with Gasteiger partial charge >= 0.3 is 0 Å². The molecule has 0 atom stereocenters. The Bertz CT molecular complexity index is 596. The largest absolute Gasteiger partial charge is 0.506 e. The first-order chi connectivity index (χ1) is 10.1. The van der Waals surface area contributed by atoms with Crippen LogP contribution in [0.3, 0.4) is 0 Å². The lowest BCUT2D eigenvalue weighted by Gasteiger charge is -2.36. The minimum Gasteiger partial charge on any atom is -0.506 e. The zero-order valence-corrected chi connectivity index (χ0v) is 12.5. The number of hydrogen-bond acceptors (Lipinski definition) is 5. The molecular weight excluding hydrogens is 266 g/mol. The molecule has 5 heteroatoms. The van der Waals surface area contributed by atoms with Gasteiger partial charge in [0.1, 0.15) is 11.5 Å². The highest BCUT2D eigenvalue weighted by atomic mass is 16.5. The molecule has 112 valence electrons. The molecular formula is C16H21N3O2. The monoisotopic (exact) mass is 287 g/mol. The van der Waals surface area contributed by atoms with Crippen molar-refractivity contribution in [1.82, 2.24) is 10.1 Å². The SMILES string of the molecule is Cc1noc(C)c1CN1CCN(c2ccccc2O)CC1. The molecule has 3 rings (SSSR count). The molecule has 0 saturated carbocycles. The van der Waals surface area contributed by atoms with Crippen LogP contribution in [0.25, 0.3) is 0 Å². The van der Waals surface area contributed by atoms with Crippen molar-refractivity contribution in [2.75, 3.05) is 31.1 Å². The molecule has 1 aliphatic heterocycles. The molecule has 0 amide bonds. The number of para-hydroxylation sites is 2. The Labute approximate surface area is 124 Å². The second-order valence-corrected chi connectivity index (χ2v) is 5.55. The first-order valence-electron chi connectivity index (χ1n) is 7.32. The van der Waals surface area contributed by atoms with Crippen LogP contribution in [0.2, 0.25) is 0 Å². The first-order valence-corrected chi connectivity index (χ1v) is 7.32. The third-order valence-corrected chi connectivity index (χ3v) is 4.16. The number of phenolic OH excluding ortho intramolecular Hbond substituents is 1. The summed E-state index contributed by atoms with van der Waals surface area (Å²) < 4.78 is 5.22. The van der Waals surface area contributed by atoms with Crippen molar-refractivity contribution >= 4 is 5.69 Å². The van der Waals surface area contributed by atoms with Gasteiger partial charge in [-0.3, -0.25) is 4.90 Å². The van der Waals surface area contributed by atoms with Crippen LogP contribution in [0.5, 0.6) is 5.75 Å². The first kappa shape index (κ1) is 13.9. The van der Waals surface area contributed by atoms with Crippen molar-refractivity contribution in [3.8, 4) is 5.75 Å². The quantitative estimate of drug-likeness (QED) is 0.939. The van der Waals surface area contributed by atoms with Crippen LogP contribution < -0.4 is 4.90 Å². The van der Waals surface area contributed by atoms with Gasteiger partial charge in [0.05, 0.1) is 11.4 Å². The summed E-state index contributed by atoms with van der Waals surface area (Å²) in [6.07, 6.45) is 0. The maximum Gasteiger partial charge on any atom is 0.138 e. The number of piperazine rings is 1. The van der Waals surface area contributed by atoms with E-state index in [1.165, 1.54) is 5.56 Å². The summed E-state index contributed by atoms with van der Waals surface area (Å²) in [6.45, 7) is 8.62. The van der Waals surface area contributed by atoms with E-state index >= 15 is 0 Å². The number of aryl methyl sites for hydroxylation is 2. The number of aromatic hydroxyl groups is 1. The zero-order valence-electron chi connectivity index (χ0n) is 12.5. The van der Waals surface area contributed by atoms with E-state index in [9.17, 15) is 5.11 Å². The molecule has 5 nitrogen and oxygen atoms in total. The molecule has 1 aliphatic rings. The smallest absolute Gasteiger partial charge is 0.138 e. The fourth-order valence-corrected chi connectivity index (χ4v) is 2.83. The lowest BCUT2D eigenvalue weighted by molar-refractivity contribution is 0.247. The van der Waals surface area contributed by atoms with E-state index in [0.717, 1.165) is 49.9 Å². The Kier molecular flexibility index (Phi) is 3.84. The Morgan fingerprint density at radius 2 is 1.86 bits per heavy atom. The zero-order chi connectivity index (χ0) is 14.8. The second kappa shape index (κ2) is 5.77. The third kappa shape index (κ3) is 2.88. The van der Waals surface area contributed by atoms with Crippen LogP contribution in [0, 0.1) is 13.8 Å². The number of aromatic nitrogens is 1. The van der Waals surface area contributed by atoms with E-state index in [1.807, 2.05) is 32.0 Å². The Balaban J connectivity index is 1.62. The molecule has 0 unspecified atom stereocenters. The fraction of sp³-hybridized carbons (Fsp3) is 0.438. The minimum atomic E-state index is 0.358. The van der Waals surface area contributed by atoms with Gasteiger partial charge in [-0.2, -0.15) is 0 Å². The molecule has 2 heterocycles. The Hall–Kier alpha value is -2.01. The molecule has 1 fully saturated rings. The maximum absolute atomic E-state index is 9.93. The van der Waals surface area contributed by atoms with Crippen molar-refractivity contribution in [2.24, 2.45) is 0 Å². The van der Waals surface area contributed by atoms with Gasteiger partial charge in [0.2, 0.25) is 0 Å². The van der Waals surface area contributed by atoms with Gasteiger partial charge in [-0.05, 0) is 26.0 Å². The van der Waals surface area contributed by atoms with Crippen LogP contribution in [0.1, 0.15) is 17.0 Å². The molecule has 0 radical (unpaired) electrons. The summed E-state index contributed by atoms with van der Waals surface area (Å²) >= 11 is 0. The van der Waals surface area contributed by atoms with Gasteiger partial charge in [0, 0.05) is 38.3 Å². The highest BCUT2D eigenvalue weighted by Gasteiger charge is 2.21. The molecule has 1 aromatic carbocycles. The molecule has 0 aliphatic carbocycles. The maximum atomic E-state index is 9.93. The van der Waals surface area contributed by atoms with Gasteiger partial charge in [0.15, 0.2) is 0 Å². The van der Waals surface area contributed by atoms with E-state index in [-0.39, 0.29) is 0 Å². The predicted molar refractivity (Wildman–Crippen MR) is 81.6 cm³/mol. The van der Waals surface area contributed by atoms with Gasteiger partial charge in [0.25, 0.3) is 0 Å². The van der Waals surface area contributed by atoms with Crippen LogP contribution in [0.4, 0.5) is 5.69 Å². The van der Waals surface area contributed by atoms with Crippen molar-refractivity contribution in [3.05, 3.63) is 41.3 Å². The second-order valence-electron chi connectivity index (χ2n) is 5.55. The van der Waals surface area contributed by atoms with Crippen LogP contribution >= 0.6 is 0 Å². The van der Waals surface area contributed by atoms with Gasteiger partial charge in [-0.25, -0.2) is 0 Å². The van der Waals surface area contributed by atoms with Crippen LogP contribution in [-0.4, -0.2) is 41.3 Å². The van der Waals surface area contributed by atoms with Crippen molar-refractivity contribution in [2.45, 2.75) is 20.4 Å². The van der Waals surface area contributed by atoms with Crippen molar-refractivity contribution in [3.63, 3.8) is 0 Å². The molecule has 1 aromatic heterocycles. The lowest BCUT2D eigenvalue weighted by atomic mass is 10.1. The molecule has 21 heavy (non-hydrogen) atoms. The minimum absolute atomic E-state index is 0.358. The van der Waals surface area contributed by atoms with E-state index in [4.69, 9.17) is 4.52 Å². The molecule has 0 spiro atoms. The van der Waals surface area contributed by atoms with Crippen LogP contribution in [-0.2, 0) is 6.54 Å². The molecule has 1 N–H and O–H groups in total. The number of anilines is 1. The van der Waals surface area contributed by atoms with Crippen molar-refractivity contribution < 1.29 is 9.63 Å². The molecule has 2 aromatic rings.